The van der Waals surface area contributed by atoms with Crippen molar-refractivity contribution in [1.29, 1.82) is 0 Å². The molecule has 1 aromatic carbocycles. The molecule has 104 valence electrons. The Hall–Kier alpha value is -2.35. The first-order chi connectivity index (χ1) is 9.54. The minimum absolute atomic E-state index is 0.00495. The van der Waals surface area contributed by atoms with E-state index in [9.17, 15) is 14.0 Å². The molecule has 6 nitrogen and oxygen atoms in total. The number of nitrogens with one attached hydrogen (secondary N) is 1. The molecule has 0 unspecified atom stereocenters. The number of aromatic amines is 1. The molecule has 0 bridgehead atoms. The lowest BCUT2D eigenvalue weighted by atomic mass is 10.3. The van der Waals surface area contributed by atoms with Crippen LogP contribution in [0.3, 0.4) is 0 Å². The highest BCUT2D eigenvalue weighted by Crippen LogP contribution is 2.07. The summed E-state index contributed by atoms with van der Waals surface area (Å²) in [5.74, 6) is -1.30. The maximum Gasteiger partial charge on any atom is 0.364 e. The van der Waals surface area contributed by atoms with E-state index in [-0.39, 0.29) is 11.4 Å². The molecule has 8 heteroatoms. The number of hydrogen-bond donors (Lipinski definition) is 1. The van der Waals surface area contributed by atoms with E-state index in [1.54, 1.807) is 6.92 Å². The summed E-state index contributed by atoms with van der Waals surface area (Å²) >= 11 is 4.96. The number of esters is 1. The molecule has 2 aromatic rings. The van der Waals surface area contributed by atoms with Gasteiger partial charge in [-0.1, -0.05) is 0 Å². The van der Waals surface area contributed by atoms with Crippen molar-refractivity contribution >= 4 is 18.2 Å². The molecule has 0 aliphatic heterocycles. The Bertz CT molecular complexity index is 752. The third-order valence-corrected chi connectivity index (χ3v) is 2.70. The molecule has 0 spiro atoms. The van der Waals surface area contributed by atoms with E-state index >= 15 is 0 Å². The number of benzene rings is 1. The quantitative estimate of drug-likeness (QED) is 0.687. The van der Waals surface area contributed by atoms with Crippen molar-refractivity contribution in [3.8, 4) is 5.69 Å². The Balaban J connectivity index is 2.62. The zero-order chi connectivity index (χ0) is 14.7. The van der Waals surface area contributed by atoms with Crippen molar-refractivity contribution in [2.24, 2.45) is 0 Å². The molecule has 0 fully saturated rings. The fourth-order valence-corrected chi connectivity index (χ4v) is 1.79. The van der Waals surface area contributed by atoms with E-state index in [4.69, 9.17) is 17.0 Å². The molecule has 0 aliphatic carbocycles. The molecule has 0 atom stereocenters. The topological polar surface area (TPSA) is 77.0 Å². The highest BCUT2D eigenvalue weighted by atomic mass is 32.1. The highest BCUT2D eigenvalue weighted by molar-refractivity contribution is 7.71. The second-order valence-electron chi connectivity index (χ2n) is 3.71. The largest absolute Gasteiger partial charge is 0.461 e. The van der Waals surface area contributed by atoms with Gasteiger partial charge in [0, 0.05) is 0 Å². The van der Waals surface area contributed by atoms with Gasteiger partial charge in [-0.25, -0.2) is 9.18 Å². The Kier molecular flexibility index (Phi) is 4.04. The summed E-state index contributed by atoms with van der Waals surface area (Å²) in [6.45, 7) is 1.73. The van der Waals surface area contributed by atoms with Crippen LogP contribution in [0.15, 0.2) is 29.1 Å². The zero-order valence-corrected chi connectivity index (χ0v) is 11.2. The Morgan fingerprint density at radius 1 is 1.45 bits per heavy atom. The van der Waals surface area contributed by atoms with Gasteiger partial charge in [-0.2, -0.15) is 5.10 Å². The number of nitrogens with zero attached hydrogens (tertiary/aromatic N) is 2. The molecule has 20 heavy (non-hydrogen) atoms. The van der Waals surface area contributed by atoms with Crippen LogP contribution in [0.25, 0.3) is 5.69 Å². The molecule has 0 aliphatic rings. The van der Waals surface area contributed by atoms with E-state index in [2.05, 4.69) is 10.2 Å². The summed E-state index contributed by atoms with van der Waals surface area (Å²) in [4.78, 5) is 23.8. The normalized spacial score (nSPS) is 10.3. The summed E-state index contributed by atoms with van der Waals surface area (Å²) in [5, 5.41) is 5.98. The molecular formula is C12H10FN3O3S. The Labute approximate surface area is 117 Å². The third-order valence-electron chi connectivity index (χ3n) is 2.43. The van der Waals surface area contributed by atoms with Crippen LogP contribution in [0.1, 0.15) is 17.4 Å². The maximum absolute atomic E-state index is 12.9. The Morgan fingerprint density at radius 3 is 2.70 bits per heavy atom. The van der Waals surface area contributed by atoms with Crippen LogP contribution in [-0.2, 0) is 4.74 Å². The standard InChI is InChI=1S/C12H10FN3O3S/c1-2-19-11(18)9-10(17)16(12(20)15-14-9)8-5-3-7(13)4-6-8/h3-6H,2H2,1H3,(H,15,20). The molecule has 0 saturated heterocycles. The molecular weight excluding hydrogens is 285 g/mol. The van der Waals surface area contributed by atoms with Gasteiger partial charge in [0.25, 0.3) is 5.56 Å². The first kappa shape index (κ1) is 14.1. The number of halogens is 1. The molecule has 1 N–H and O–H groups in total. The molecule has 2 rings (SSSR count). The van der Waals surface area contributed by atoms with Crippen LogP contribution in [0.5, 0.6) is 0 Å². The van der Waals surface area contributed by atoms with Gasteiger partial charge in [-0.05, 0) is 43.4 Å². The van der Waals surface area contributed by atoms with Gasteiger partial charge in [-0.15, -0.1) is 0 Å². The van der Waals surface area contributed by atoms with Crippen LogP contribution in [-0.4, -0.2) is 27.3 Å². The fraction of sp³-hybridized carbons (Fsp3) is 0.167. The van der Waals surface area contributed by atoms with Gasteiger partial charge >= 0.3 is 5.97 Å². The van der Waals surface area contributed by atoms with E-state index in [0.717, 1.165) is 4.57 Å². The fourth-order valence-electron chi connectivity index (χ4n) is 1.56. The van der Waals surface area contributed by atoms with E-state index in [1.807, 2.05) is 0 Å². The first-order valence-corrected chi connectivity index (χ1v) is 6.10. The van der Waals surface area contributed by atoms with Crippen molar-refractivity contribution < 1.29 is 13.9 Å². The number of carbonyl (C=O) groups excluding carboxylic acids is 1. The zero-order valence-electron chi connectivity index (χ0n) is 10.4. The van der Waals surface area contributed by atoms with Crippen molar-refractivity contribution in [2.45, 2.75) is 6.92 Å². The second-order valence-corrected chi connectivity index (χ2v) is 4.10. The third kappa shape index (κ3) is 2.64. The van der Waals surface area contributed by atoms with Gasteiger partial charge in [-0.3, -0.25) is 14.5 Å². The van der Waals surface area contributed by atoms with E-state index in [0.29, 0.717) is 5.69 Å². The minimum atomic E-state index is -0.848. The summed E-state index contributed by atoms with van der Waals surface area (Å²) in [5.41, 5.74) is -0.811. The van der Waals surface area contributed by atoms with Gasteiger partial charge < -0.3 is 4.74 Å². The lowest BCUT2D eigenvalue weighted by Crippen LogP contribution is -2.29. The van der Waals surface area contributed by atoms with Gasteiger partial charge in [0.2, 0.25) is 10.5 Å². The monoisotopic (exact) mass is 295 g/mol. The number of rotatable bonds is 3. The molecule has 0 radical (unpaired) electrons. The van der Waals surface area contributed by atoms with Crippen molar-refractivity contribution in [1.82, 2.24) is 14.8 Å². The van der Waals surface area contributed by atoms with Crippen LogP contribution in [0.4, 0.5) is 4.39 Å². The van der Waals surface area contributed by atoms with Gasteiger partial charge in [0.15, 0.2) is 0 Å². The SMILES string of the molecule is CCOC(=O)c1n[nH]c(=S)n(-c2ccc(F)cc2)c1=O. The van der Waals surface area contributed by atoms with Crippen LogP contribution < -0.4 is 5.56 Å². The average molecular weight is 295 g/mol. The lowest BCUT2D eigenvalue weighted by molar-refractivity contribution is 0.0515. The number of H-pyrrole nitrogens is 1. The summed E-state index contributed by atoms with van der Waals surface area (Å²) < 4.78 is 18.7. The Morgan fingerprint density at radius 2 is 2.10 bits per heavy atom. The van der Waals surface area contributed by atoms with Crippen LogP contribution in [0, 0.1) is 10.6 Å². The van der Waals surface area contributed by atoms with E-state index < -0.39 is 23.0 Å². The summed E-state index contributed by atoms with van der Waals surface area (Å²) in [6, 6.07) is 5.10. The molecule has 1 heterocycles. The smallest absolute Gasteiger partial charge is 0.364 e. The molecule has 0 amide bonds. The number of aromatic nitrogens is 3. The predicted octanol–water partition coefficient (Wildman–Crippen LogP) is 1.61. The maximum atomic E-state index is 12.9. The number of ether oxygens (including phenoxy) is 1. The average Bonchev–Trinajstić information content (AvgIpc) is 2.41. The lowest BCUT2D eigenvalue weighted by Gasteiger charge is -2.07. The van der Waals surface area contributed by atoms with E-state index in [1.165, 1.54) is 24.3 Å². The second kappa shape index (κ2) is 5.74. The van der Waals surface area contributed by atoms with Gasteiger partial charge in [0.1, 0.15) is 5.82 Å². The summed E-state index contributed by atoms with van der Waals surface area (Å²) in [6.07, 6.45) is 0. The summed E-state index contributed by atoms with van der Waals surface area (Å²) in [7, 11) is 0. The first-order valence-electron chi connectivity index (χ1n) is 5.69. The molecule has 0 saturated carbocycles. The van der Waals surface area contributed by atoms with Crippen LogP contribution >= 0.6 is 12.2 Å². The predicted molar refractivity (Wildman–Crippen MR) is 70.9 cm³/mol. The van der Waals surface area contributed by atoms with Gasteiger partial charge in [0.05, 0.1) is 12.3 Å². The minimum Gasteiger partial charge on any atom is -0.461 e. The number of hydrogen-bond acceptors (Lipinski definition) is 5. The van der Waals surface area contributed by atoms with Crippen LogP contribution in [0.2, 0.25) is 0 Å². The highest BCUT2D eigenvalue weighted by Gasteiger charge is 2.17. The number of carbonyl (C=O) groups is 1. The van der Waals surface area contributed by atoms with Crippen molar-refractivity contribution in [3.05, 3.63) is 50.9 Å². The molecule has 1 aromatic heterocycles. The van der Waals surface area contributed by atoms with Crippen molar-refractivity contribution in [2.75, 3.05) is 6.61 Å². The van der Waals surface area contributed by atoms with Crippen molar-refractivity contribution in [3.63, 3.8) is 0 Å².